The first-order chi connectivity index (χ1) is 10.3. The molecule has 4 fully saturated rings. The Bertz CT molecular complexity index is 387. The Morgan fingerprint density at radius 3 is 2.57 bits per heavy atom. The topological polar surface area (TPSA) is 32.3 Å². The second-order valence-electron chi connectivity index (χ2n) is 8.17. The van der Waals surface area contributed by atoms with Gasteiger partial charge in [0.15, 0.2) is 0 Å². The SMILES string of the molecule is O=C(CC1CC2CCC1C2)N(CC1CC1)CC1CCCN1. The third-order valence-electron chi connectivity index (χ3n) is 6.45. The van der Waals surface area contributed by atoms with Crippen molar-refractivity contribution in [2.45, 2.75) is 63.8 Å². The van der Waals surface area contributed by atoms with E-state index in [9.17, 15) is 4.79 Å². The Morgan fingerprint density at radius 1 is 1.05 bits per heavy atom. The van der Waals surface area contributed by atoms with Crippen LogP contribution >= 0.6 is 0 Å². The molecule has 0 aromatic rings. The van der Waals surface area contributed by atoms with E-state index in [-0.39, 0.29) is 0 Å². The monoisotopic (exact) mass is 290 g/mol. The largest absolute Gasteiger partial charge is 0.341 e. The number of fused-ring (bicyclic) bond motifs is 2. The van der Waals surface area contributed by atoms with Gasteiger partial charge in [0.2, 0.25) is 5.91 Å². The summed E-state index contributed by atoms with van der Waals surface area (Å²) in [5, 5.41) is 3.56. The molecule has 3 heteroatoms. The Balaban J connectivity index is 1.33. The van der Waals surface area contributed by atoms with Crippen molar-refractivity contribution < 1.29 is 4.79 Å². The summed E-state index contributed by atoms with van der Waals surface area (Å²) < 4.78 is 0. The fraction of sp³-hybridized carbons (Fsp3) is 0.944. The van der Waals surface area contributed by atoms with E-state index in [0.717, 1.165) is 49.7 Å². The lowest BCUT2D eigenvalue weighted by molar-refractivity contribution is -0.133. The fourth-order valence-electron chi connectivity index (χ4n) is 5.05. The third kappa shape index (κ3) is 3.28. The molecule has 0 aromatic heterocycles. The Hall–Kier alpha value is -0.570. The number of nitrogens with zero attached hydrogens (tertiary/aromatic N) is 1. The van der Waals surface area contributed by atoms with Gasteiger partial charge in [-0.1, -0.05) is 6.42 Å². The fourth-order valence-corrected chi connectivity index (χ4v) is 5.05. The molecule has 0 spiro atoms. The Morgan fingerprint density at radius 2 is 1.95 bits per heavy atom. The molecule has 4 aliphatic rings. The molecule has 1 aliphatic heterocycles. The van der Waals surface area contributed by atoms with E-state index in [4.69, 9.17) is 0 Å². The van der Waals surface area contributed by atoms with Crippen LogP contribution in [-0.2, 0) is 4.79 Å². The highest BCUT2D eigenvalue weighted by Crippen LogP contribution is 2.49. The number of hydrogen-bond acceptors (Lipinski definition) is 2. The second kappa shape index (κ2) is 5.91. The predicted octanol–water partition coefficient (Wildman–Crippen LogP) is 2.80. The maximum absolute atomic E-state index is 12.8. The van der Waals surface area contributed by atoms with Crippen molar-refractivity contribution >= 4 is 5.91 Å². The van der Waals surface area contributed by atoms with E-state index < -0.39 is 0 Å². The van der Waals surface area contributed by atoms with Crippen LogP contribution in [0.1, 0.15) is 57.8 Å². The molecule has 4 atom stereocenters. The van der Waals surface area contributed by atoms with E-state index >= 15 is 0 Å². The van der Waals surface area contributed by atoms with Crippen molar-refractivity contribution in [3.05, 3.63) is 0 Å². The van der Waals surface area contributed by atoms with Crippen molar-refractivity contribution in [1.29, 1.82) is 0 Å². The standard InChI is InChI=1S/C18H30N2O/c21-18(10-16-9-14-5-6-15(16)8-14)20(11-13-3-4-13)12-17-2-1-7-19-17/h13-17,19H,1-12H2. The van der Waals surface area contributed by atoms with Crippen LogP contribution in [0, 0.1) is 23.7 Å². The van der Waals surface area contributed by atoms with Crippen LogP contribution in [0.2, 0.25) is 0 Å². The molecule has 4 unspecified atom stereocenters. The van der Waals surface area contributed by atoms with Gasteiger partial charge in [-0.2, -0.15) is 0 Å². The van der Waals surface area contributed by atoms with Crippen molar-refractivity contribution in [2.75, 3.05) is 19.6 Å². The molecule has 1 amide bonds. The normalized spacial score (nSPS) is 38.1. The van der Waals surface area contributed by atoms with E-state index in [1.807, 2.05) is 0 Å². The zero-order chi connectivity index (χ0) is 14.2. The molecule has 0 aromatic carbocycles. The lowest BCUT2D eigenvalue weighted by Gasteiger charge is -2.29. The highest BCUT2D eigenvalue weighted by Gasteiger charge is 2.41. The lowest BCUT2D eigenvalue weighted by atomic mass is 9.86. The first kappa shape index (κ1) is 14.0. The summed E-state index contributed by atoms with van der Waals surface area (Å²) in [5.41, 5.74) is 0. The molecule has 1 heterocycles. The molecule has 0 radical (unpaired) electrons. The average Bonchev–Trinajstić information content (AvgIpc) is 2.91. The molecular formula is C18H30N2O. The smallest absolute Gasteiger partial charge is 0.222 e. The van der Waals surface area contributed by atoms with Crippen molar-refractivity contribution in [3.63, 3.8) is 0 Å². The lowest BCUT2D eigenvalue weighted by Crippen LogP contribution is -2.43. The molecule has 2 bridgehead atoms. The van der Waals surface area contributed by atoms with Crippen molar-refractivity contribution in [1.82, 2.24) is 10.2 Å². The molecule has 4 rings (SSSR count). The van der Waals surface area contributed by atoms with Gasteiger partial charge in [-0.3, -0.25) is 4.79 Å². The molecular weight excluding hydrogens is 260 g/mol. The van der Waals surface area contributed by atoms with Gasteiger partial charge in [0.1, 0.15) is 0 Å². The van der Waals surface area contributed by atoms with Crippen molar-refractivity contribution in [2.24, 2.45) is 23.7 Å². The second-order valence-corrected chi connectivity index (χ2v) is 8.17. The highest BCUT2D eigenvalue weighted by atomic mass is 16.2. The molecule has 21 heavy (non-hydrogen) atoms. The summed E-state index contributed by atoms with van der Waals surface area (Å²) in [6.07, 6.45) is 11.7. The van der Waals surface area contributed by atoms with Crippen molar-refractivity contribution in [3.8, 4) is 0 Å². The number of carbonyl (C=O) groups is 1. The first-order valence-electron chi connectivity index (χ1n) is 9.29. The van der Waals surface area contributed by atoms with E-state index in [1.165, 1.54) is 51.4 Å². The summed E-state index contributed by atoms with van der Waals surface area (Å²) in [5.74, 6) is 3.84. The van der Waals surface area contributed by atoms with Crippen LogP contribution in [0.4, 0.5) is 0 Å². The van der Waals surface area contributed by atoms with Gasteiger partial charge >= 0.3 is 0 Å². The number of nitrogens with one attached hydrogen (secondary N) is 1. The molecule has 3 nitrogen and oxygen atoms in total. The van der Waals surface area contributed by atoms with E-state index in [1.54, 1.807) is 0 Å². The average molecular weight is 290 g/mol. The molecule has 1 saturated heterocycles. The van der Waals surface area contributed by atoms with Gasteiger partial charge in [0, 0.05) is 25.6 Å². The van der Waals surface area contributed by atoms with Crippen LogP contribution in [0.15, 0.2) is 0 Å². The zero-order valence-electron chi connectivity index (χ0n) is 13.2. The molecule has 1 N–H and O–H groups in total. The summed E-state index contributed by atoms with van der Waals surface area (Å²) in [6.45, 7) is 3.15. The maximum Gasteiger partial charge on any atom is 0.222 e. The van der Waals surface area contributed by atoms with E-state index in [0.29, 0.717) is 11.9 Å². The molecule has 3 aliphatic carbocycles. The first-order valence-corrected chi connectivity index (χ1v) is 9.29. The minimum Gasteiger partial charge on any atom is -0.341 e. The Kier molecular flexibility index (Phi) is 3.95. The van der Waals surface area contributed by atoms with E-state index in [2.05, 4.69) is 10.2 Å². The zero-order valence-corrected chi connectivity index (χ0v) is 13.2. The third-order valence-corrected chi connectivity index (χ3v) is 6.45. The Labute approximate surface area is 128 Å². The quantitative estimate of drug-likeness (QED) is 0.816. The summed E-state index contributed by atoms with van der Waals surface area (Å²) in [7, 11) is 0. The number of rotatable bonds is 6. The van der Waals surface area contributed by atoms with Gasteiger partial charge < -0.3 is 10.2 Å². The summed E-state index contributed by atoms with van der Waals surface area (Å²) in [4.78, 5) is 15.1. The van der Waals surface area contributed by atoms with Crippen LogP contribution in [0.25, 0.3) is 0 Å². The van der Waals surface area contributed by atoms with Gasteiger partial charge in [0.05, 0.1) is 0 Å². The molecule has 3 saturated carbocycles. The van der Waals surface area contributed by atoms with Gasteiger partial charge in [-0.05, 0) is 75.2 Å². The number of carbonyl (C=O) groups excluding carboxylic acids is 1. The number of hydrogen-bond donors (Lipinski definition) is 1. The van der Waals surface area contributed by atoms with Crippen LogP contribution in [0.5, 0.6) is 0 Å². The van der Waals surface area contributed by atoms with Gasteiger partial charge in [-0.15, -0.1) is 0 Å². The van der Waals surface area contributed by atoms with Gasteiger partial charge in [-0.25, -0.2) is 0 Å². The summed E-state index contributed by atoms with van der Waals surface area (Å²) >= 11 is 0. The minimum atomic E-state index is 0.466. The van der Waals surface area contributed by atoms with Crippen LogP contribution in [0.3, 0.4) is 0 Å². The van der Waals surface area contributed by atoms with Crippen LogP contribution in [-0.4, -0.2) is 36.5 Å². The maximum atomic E-state index is 12.8. The van der Waals surface area contributed by atoms with Crippen LogP contribution < -0.4 is 5.32 Å². The van der Waals surface area contributed by atoms with Gasteiger partial charge in [0.25, 0.3) is 0 Å². The number of amides is 1. The highest BCUT2D eigenvalue weighted by molar-refractivity contribution is 5.76. The predicted molar refractivity (Wildman–Crippen MR) is 83.9 cm³/mol. The summed E-state index contributed by atoms with van der Waals surface area (Å²) in [6, 6.07) is 0.563. The minimum absolute atomic E-state index is 0.466. The molecule has 118 valence electrons.